The molecule has 2 atom stereocenters. The van der Waals surface area contributed by atoms with Crippen molar-refractivity contribution in [2.24, 2.45) is 0 Å². The number of nitrogens with zero attached hydrogens (tertiary/aromatic N) is 2. The van der Waals surface area contributed by atoms with Crippen molar-refractivity contribution >= 4 is 32.5 Å². The highest BCUT2D eigenvalue weighted by Crippen LogP contribution is 2.34. The fourth-order valence-corrected chi connectivity index (χ4v) is 5.31. The monoisotopic (exact) mass is 487 g/mol. The number of nitriles is 1. The molecular weight excluding hydrogens is 462 g/mol. The average Bonchev–Trinajstić information content (AvgIpc) is 3.37. The van der Waals surface area contributed by atoms with Crippen molar-refractivity contribution < 1.29 is 17.9 Å². The van der Waals surface area contributed by atoms with Gasteiger partial charge in [-0.25, -0.2) is 13.1 Å². The van der Waals surface area contributed by atoms with Crippen molar-refractivity contribution in [3.05, 3.63) is 53.2 Å². The molecule has 0 spiro atoms. The molecule has 1 aromatic heterocycles. The maximum absolute atomic E-state index is 11.5. The summed E-state index contributed by atoms with van der Waals surface area (Å²) >= 11 is 6.44. The van der Waals surface area contributed by atoms with Crippen LogP contribution in [0.15, 0.2) is 42.6 Å². The highest BCUT2D eigenvalue weighted by atomic mass is 35.5. The lowest BCUT2D eigenvalue weighted by atomic mass is 10.2. The van der Waals surface area contributed by atoms with Gasteiger partial charge in [-0.3, -0.25) is 0 Å². The number of rotatable bonds is 8. The lowest BCUT2D eigenvalue weighted by molar-refractivity contribution is 0.208. The van der Waals surface area contributed by atoms with Gasteiger partial charge < -0.3 is 14.0 Å². The van der Waals surface area contributed by atoms with Crippen LogP contribution in [-0.4, -0.2) is 38.0 Å². The van der Waals surface area contributed by atoms with E-state index in [-0.39, 0.29) is 12.1 Å². The molecule has 0 saturated heterocycles. The molecule has 1 aliphatic carbocycles. The number of fused-ring (bicyclic) bond motifs is 1. The lowest BCUT2D eigenvalue weighted by Gasteiger charge is -2.15. The Morgan fingerprint density at radius 2 is 2.06 bits per heavy atom. The first-order valence-electron chi connectivity index (χ1n) is 10.9. The zero-order valence-electron chi connectivity index (χ0n) is 18.5. The third kappa shape index (κ3) is 5.44. The number of hydrogen-bond acceptors (Lipinski definition) is 5. The molecule has 0 amide bonds. The summed E-state index contributed by atoms with van der Waals surface area (Å²) in [6.07, 6.45) is 6.11. The minimum Gasteiger partial charge on any atom is -0.491 e. The van der Waals surface area contributed by atoms with Crippen LogP contribution >= 0.6 is 11.6 Å². The molecule has 1 aliphatic rings. The summed E-state index contributed by atoms with van der Waals surface area (Å²) in [5.41, 5.74) is 2.12. The quantitative estimate of drug-likeness (QED) is 0.493. The first-order valence-corrected chi connectivity index (χ1v) is 13.2. The number of sulfonamides is 1. The Hall–Kier alpha value is -2.73. The normalized spacial score (nSPS) is 18.4. The molecule has 7 nitrogen and oxygen atoms in total. The standard InChI is InChI=1S/C24H26ClN3O4S/c1-3-10-31-24-17(15-26)11-19(14-22(24)25)28-9-8-16-12-20(6-7-23(16)28)32-21-5-4-18(13-21)27-33(2,29)30/h6-9,11-12,14,18,21,27H,3-5,10,13H2,1-2H3/t18-,21-/m1/s1. The summed E-state index contributed by atoms with van der Waals surface area (Å²) in [6.45, 7) is 2.49. The molecule has 1 fully saturated rings. The van der Waals surface area contributed by atoms with E-state index in [0.717, 1.165) is 41.6 Å². The maximum Gasteiger partial charge on any atom is 0.208 e. The van der Waals surface area contributed by atoms with E-state index in [0.29, 0.717) is 29.4 Å². The zero-order chi connectivity index (χ0) is 23.6. The van der Waals surface area contributed by atoms with E-state index in [1.807, 2.05) is 42.0 Å². The minimum atomic E-state index is -3.22. The van der Waals surface area contributed by atoms with E-state index in [1.165, 1.54) is 6.26 Å². The molecule has 1 heterocycles. The second-order valence-corrected chi connectivity index (χ2v) is 10.5. The average molecular weight is 488 g/mol. The Morgan fingerprint density at radius 1 is 1.24 bits per heavy atom. The van der Waals surface area contributed by atoms with Crippen LogP contribution in [0, 0.1) is 11.3 Å². The highest BCUT2D eigenvalue weighted by molar-refractivity contribution is 7.88. The number of hydrogen-bond donors (Lipinski definition) is 1. The van der Waals surface area contributed by atoms with Gasteiger partial charge in [0, 0.05) is 29.7 Å². The van der Waals surface area contributed by atoms with Crippen molar-refractivity contribution in [3.8, 4) is 23.3 Å². The Bertz CT molecular complexity index is 1310. The predicted octanol–water partition coefficient (Wildman–Crippen LogP) is 4.79. The molecule has 33 heavy (non-hydrogen) atoms. The molecule has 0 bridgehead atoms. The Morgan fingerprint density at radius 3 is 2.79 bits per heavy atom. The van der Waals surface area contributed by atoms with Crippen LogP contribution in [0.2, 0.25) is 5.02 Å². The summed E-state index contributed by atoms with van der Waals surface area (Å²) < 4.78 is 39.3. The van der Waals surface area contributed by atoms with Gasteiger partial charge in [0.2, 0.25) is 10.0 Å². The molecule has 174 valence electrons. The zero-order valence-corrected chi connectivity index (χ0v) is 20.1. The summed E-state index contributed by atoms with van der Waals surface area (Å²) in [4.78, 5) is 0. The number of ether oxygens (including phenoxy) is 2. The van der Waals surface area contributed by atoms with Crippen LogP contribution < -0.4 is 14.2 Å². The van der Waals surface area contributed by atoms with E-state index in [4.69, 9.17) is 21.1 Å². The molecule has 0 unspecified atom stereocenters. The molecule has 0 aliphatic heterocycles. The SMILES string of the molecule is CCCOc1c(Cl)cc(-n2ccc3cc(O[C@@H]4CC[C@@H](NS(C)(=O)=O)C4)ccc32)cc1C#N. The van der Waals surface area contributed by atoms with Crippen LogP contribution in [0.4, 0.5) is 0 Å². The highest BCUT2D eigenvalue weighted by Gasteiger charge is 2.28. The second kappa shape index (κ2) is 9.64. The number of benzene rings is 2. The molecular formula is C24H26ClN3O4S. The number of nitrogens with one attached hydrogen (secondary N) is 1. The van der Waals surface area contributed by atoms with Gasteiger partial charge in [-0.2, -0.15) is 5.26 Å². The van der Waals surface area contributed by atoms with Crippen molar-refractivity contribution in [2.75, 3.05) is 12.9 Å². The van der Waals surface area contributed by atoms with Crippen molar-refractivity contribution in [1.82, 2.24) is 9.29 Å². The largest absolute Gasteiger partial charge is 0.491 e. The smallest absolute Gasteiger partial charge is 0.208 e. The van der Waals surface area contributed by atoms with Gasteiger partial charge >= 0.3 is 0 Å². The summed E-state index contributed by atoms with van der Waals surface area (Å²) in [5, 5.41) is 11.0. The van der Waals surface area contributed by atoms with E-state index < -0.39 is 10.0 Å². The third-order valence-corrected chi connectivity index (χ3v) is 6.65. The van der Waals surface area contributed by atoms with E-state index in [9.17, 15) is 13.7 Å². The van der Waals surface area contributed by atoms with Gasteiger partial charge in [-0.1, -0.05) is 18.5 Å². The van der Waals surface area contributed by atoms with Gasteiger partial charge in [0.1, 0.15) is 17.9 Å². The van der Waals surface area contributed by atoms with Gasteiger partial charge in [0.05, 0.1) is 29.0 Å². The Balaban J connectivity index is 1.54. The Kier molecular flexibility index (Phi) is 6.84. The van der Waals surface area contributed by atoms with E-state index in [2.05, 4.69) is 10.8 Å². The van der Waals surface area contributed by atoms with Crippen LogP contribution in [0.25, 0.3) is 16.6 Å². The summed E-state index contributed by atoms with van der Waals surface area (Å²) in [7, 11) is -3.22. The number of aromatic nitrogens is 1. The van der Waals surface area contributed by atoms with Gasteiger partial charge in [-0.05, 0) is 55.7 Å². The molecule has 2 aromatic carbocycles. The second-order valence-electron chi connectivity index (χ2n) is 8.31. The molecule has 1 N–H and O–H groups in total. The van der Waals surface area contributed by atoms with E-state index >= 15 is 0 Å². The molecule has 9 heteroatoms. The summed E-state index contributed by atoms with van der Waals surface area (Å²) in [5.74, 6) is 1.15. The van der Waals surface area contributed by atoms with Crippen LogP contribution in [0.5, 0.6) is 11.5 Å². The Labute approximate surface area is 198 Å². The first-order chi connectivity index (χ1) is 15.8. The van der Waals surface area contributed by atoms with Crippen molar-refractivity contribution in [1.29, 1.82) is 5.26 Å². The van der Waals surface area contributed by atoms with Gasteiger partial charge in [0.25, 0.3) is 0 Å². The van der Waals surface area contributed by atoms with E-state index in [1.54, 1.807) is 12.1 Å². The topological polar surface area (TPSA) is 93.3 Å². The minimum absolute atomic E-state index is 0.0311. The molecule has 3 aromatic rings. The van der Waals surface area contributed by atoms with Crippen molar-refractivity contribution in [2.45, 2.75) is 44.8 Å². The number of halogens is 1. The molecule has 4 rings (SSSR count). The van der Waals surface area contributed by atoms with Crippen LogP contribution in [0.1, 0.15) is 38.2 Å². The lowest BCUT2D eigenvalue weighted by Crippen LogP contribution is -2.32. The fourth-order valence-electron chi connectivity index (χ4n) is 4.22. The third-order valence-electron chi connectivity index (χ3n) is 5.61. The fraction of sp³-hybridized carbons (Fsp3) is 0.375. The predicted molar refractivity (Wildman–Crippen MR) is 129 cm³/mol. The van der Waals surface area contributed by atoms with Crippen LogP contribution in [-0.2, 0) is 10.0 Å². The van der Waals surface area contributed by atoms with Gasteiger partial charge in [-0.15, -0.1) is 0 Å². The molecule has 1 saturated carbocycles. The van der Waals surface area contributed by atoms with Crippen LogP contribution in [0.3, 0.4) is 0 Å². The maximum atomic E-state index is 11.5. The van der Waals surface area contributed by atoms with Crippen molar-refractivity contribution in [3.63, 3.8) is 0 Å². The molecule has 0 radical (unpaired) electrons. The van der Waals surface area contributed by atoms with Gasteiger partial charge in [0.15, 0.2) is 5.75 Å². The first kappa shape index (κ1) is 23.4. The summed E-state index contributed by atoms with van der Waals surface area (Å²) in [6, 6.07) is 13.5.